The number of fused-ring (bicyclic) bond motifs is 2. The molecule has 4 aliphatic heterocycles. The first kappa shape index (κ1) is 41.2. The van der Waals surface area contributed by atoms with Crippen LogP contribution in [0.4, 0.5) is 0 Å². The number of rotatable bonds is 13. The van der Waals surface area contributed by atoms with Gasteiger partial charge in [0.1, 0.15) is 18.0 Å². The molecule has 316 valence electrons. The maximum atomic E-state index is 14.8. The fourth-order valence-electron chi connectivity index (χ4n) is 9.64. The normalized spacial score (nSPS) is 20.8. The molecule has 5 heterocycles. The zero-order chi connectivity index (χ0) is 41.8. The van der Waals surface area contributed by atoms with Gasteiger partial charge in [0.2, 0.25) is 17.7 Å². The Morgan fingerprint density at radius 1 is 0.833 bits per heavy atom. The molecule has 1 aromatic heterocycles. The van der Waals surface area contributed by atoms with Crippen LogP contribution in [-0.4, -0.2) is 152 Å². The molecule has 13 nitrogen and oxygen atoms in total. The highest BCUT2D eigenvalue weighted by molar-refractivity contribution is 6.07. The molecule has 0 radical (unpaired) electrons. The lowest BCUT2D eigenvalue weighted by Crippen LogP contribution is -2.75. The van der Waals surface area contributed by atoms with Crippen LogP contribution in [0.1, 0.15) is 52.7 Å². The van der Waals surface area contributed by atoms with Crippen molar-refractivity contribution >= 4 is 34.5 Å². The van der Waals surface area contributed by atoms with Crippen LogP contribution in [0, 0.1) is 0 Å². The Bertz CT molecular complexity index is 2180. The number of amides is 4. The predicted molar refractivity (Wildman–Crippen MR) is 231 cm³/mol. The Morgan fingerprint density at radius 2 is 1.55 bits per heavy atom. The third kappa shape index (κ3) is 8.84. The minimum atomic E-state index is -0.889. The molecule has 3 aromatic carbocycles. The summed E-state index contributed by atoms with van der Waals surface area (Å²) in [6, 6.07) is 21.5. The highest BCUT2D eigenvalue weighted by atomic mass is 16.3. The Hall–Kier alpha value is -5.50. The third-order valence-corrected chi connectivity index (χ3v) is 12.8. The van der Waals surface area contributed by atoms with Crippen LogP contribution in [0.5, 0.6) is 5.75 Å². The lowest BCUT2D eigenvalue weighted by molar-refractivity contribution is -0.205. The monoisotopic (exact) mass is 814 g/mol. The number of piperidine rings is 1. The van der Waals surface area contributed by atoms with E-state index in [1.54, 1.807) is 50.2 Å². The average molecular weight is 815 g/mol. The number of hydrogen-bond acceptors (Lipinski definition) is 8. The summed E-state index contributed by atoms with van der Waals surface area (Å²) in [5.41, 5.74) is 4.20. The number of para-hydroxylation sites is 1. The second-order valence-corrected chi connectivity index (χ2v) is 16.7. The Morgan fingerprint density at radius 3 is 2.27 bits per heavy atom. The number of hydrazine groups is 1. The van der Waals surface area contributed by atoms with Crippen LogP contribution in [0.15, 0.2) is 91.6 Å². The summed E-state index contributed by atoms with van der Waals surface area (Å²) in [5, 5.41) is 14.3. The zero-order valence-corrected chi connectivity index (χ0v) is 34.8. The summed E-state index contributed by atoms with van der Waals surface area (Å²) < 4.78 is 1.98. The summed E-state index contributed by atoms with van der Waals surface area (Å²) in [6.07, 6.45) is 7.71. The molecule has 60 heavy (non-hydrogen) atoms. The van der Waals surface area contributed by atoms with Crippen LogP contribution in [0.25, 0.3) is 10.9 Å². The average Bonchev–Trinajstić information content (AvgIpc) is 3.61. The van der Waals surface area contributed by atoms with Gasteiger partial charge in [-0.1, -0.05) is 73.2 Å². The van der Waals surface area contributed by atoms with Gasteiger partial charge in [-0.2, -0.15) is 0 Å². The Kier molecular flexibility index (Phi) is 12.7. The number of piperazine rings is 2. The van der Waals surface area contributed by atoms with Crippen molar-refractivity contribution in [3.63, 3.8) is 0 Å². The van der Waals surface area contributed by atoms with E-state index in [1.165, 1.54) is 32.4 Å². The quantitative estimate of drug-likeness (QED) is 0.201. The van der Waals surface area contributed by atoms with E-state index in [-0.39, 0.29) is 68.4 Å². The van der Waals surface area contributed by atoms with Gasteiger partial charge in [-0.15, -0.1) is 6.58 Å². The molecular formula is C47H58N8O5. The Labute approximate surface area is 353 Å². The molecule has 0 aliphatic carbocycles. The van der Waals surface area contributed by atoms with Crippen molar-refractivity contribution in [2.24, 2.45) is 7.05 Å². The van der Waals surface area contributed by atoms with E-state index in [2.05, 4.69) is 16.4 Å². The van der Waals surface area contributed by atoms with Crippen LogP contribution in [0.2, 0.25) is 0 Å². The SMILES string of the molecule is C=CCN1CC(=O)N2[C@@H](Cc3ccc(O)cc3)C(=O)N(Cc3cccc4c(C(=O)N5CCN(CCN6CCCCC6)CC5)cn(C)c34)C[C@@H]2N1C(=O)CCc1ccccc1. The molecule has 0 unspecified atom stereocenters. The van der Waals surface area contributed by atoms with Gasteiger partial charge in [-0.05, 0) is 61.2 Å². The number of carbonyl (C=O) groups excluding carboxylic acids is 4. The minimum absolute atomic E-state index is 0.0137. The number of aromatic nitrogens is 1. The standard InChI is InChI=1S/C47H58N8O5/c1-3-21-53-34-44(58)54-41(30-36-15-18-38(56)19-16-36)47(60)52(33-42(54)55(53)43(57)20-17-35-11-6-4-7-12-35)31-37-13-10-14-39-40(32-48(2)45(37)39)46(59)51-28-26-50(27-29-51)25-24-49-22-8-5-9-23-49/h3-4,6-7,10-16,18-19,32,41-42,56H,1,5,8-9,17,20-31,33-34H2,2H3/t41-,42-/m0/s1. The van der Waals surface area contributed by atoms with E-state index in [9.17, 15) is 24.3 Å². The first-order chi connectivity index (χ1) is 29.2. The smallest absolute Gasteiger partial charge is 0.256 e. The number of nitrogens with zero attached hydrogens (tertiary/aromatic N) is 8. The van der Waals surface area contributed by atoms with E-state index < -0.39 is 12.2 Å². The summed E-state index contributed by atoms with van der Waals surface area (Å²) in [4.78, 5) is 67.8. The van der Waals surface area contributed by atoms with Gasteiger partial charge in [0, 0.05) is 83.8 Å². The number of aromatic hydroxyl groups is 1. The number of carbonyl (C=O) groups is 4. The fraction of sp³-hybridized carbons (Fsp3) is 0.447. The number of aryl methyl sites for hydroxylation is 2. The molecular weight excluding hydrogens is 757 g/mol. The van der Waals surface area contributed by atoms with Gasteiger partial charge in [0.05, 0.1) is 24.2 Å². The first-order valence-corrected chi connectivity index (χ1v) is 21.6. The molecule has 4 aromatic rings. The van der Waals surface area contributed by atoms with Crippen molar-refractivity contribution < 1.29 is 24.3 Å². The van der Waals surface area contributed by atoms with E-state index in [4.69, 9.17) is 0 Å². The fourth-order valence-corrected chi connectivity index (χ4v) is 9.64. The molecule has 4 fully saturated rings. The van der Waals surface area contributed by atoms with E-state index >= 15 is 0 Å². The molecule has 2 atom stereocenters. The molecule has 0 bridgehead atoms. The van der Waals surface area contributed by atoms with Crippen molar-refractivity contribution in [2.75, 3.05) is 72.0 Å². The van der Waals surface area contributed by atoms with E-state index in [0.717, 1.165) is 53.8 Å². The van der Waals surface area contributed by atoms with Gasteiger partial charge in [-0.3, -0.25) is 24.1 Å². The summed E-state index contributed by atoms with van der Waals surface area (Å²) in [5.74, 6) is -0.476. The van der Waals surface area contributed by atoms with Crippen molar-refractivity contribution in [2.45, 2.75) is 57.3 Å². The molecule has 4 saturated heterocycles. The number of phenolic OH excluding ortho intramolecular Hbond substituents is 1. The molecule has 0 spiro atoms. The summed E-state index contributed by atoms with van der Waals surface area (Å²) in [6.45, 7) is 12.0. The second-order valence-electron chi connectivity index (χ2n) is 16.7. The van der Waals surface area contributed by atoms with E-state index in [0.29, 0.717) is 25.1 Å². The number of likely N-dealkylation sites (tertiary alicyclic amines) is 1. The van der Waals surface area contributed by atoms with Crippen molar-refractivity contribution in [1.82, 2.24) is 39.1 Å². The maximum Gasteiger partial charge on any atom is 0.256 e. The van der Waals surface area contributed by atoms with Gasteiger partial charge in [-0.25, -0.2) is 10.0 Å². The van der Waals surface area contributed by atoms with Gasteiger partial charge in [0.15, 0.2) is 0 Å². The summed E-state index contributed by atoms with van der Waals surface area (Å²) >= 11 is 0. The van der Waals surface area contributed by atoms with Crippen LogP contribution in [0.3, 0.4) is 0 Å². The second kappa shape index (κ2) is 18.4. The number of benzene rings is 3. The van der Waals surface area contributed by atoms with Crippen LogP contribution in [-0.2, 0) is 40.8 Å². The van der Waals surface area contributed by atoms with Crippen molar-refractivity contribution in [3.05, 3.63) is 114 Å². The van der Waals surface area contributed by atoms with Crippen molar-refractivity contribution in [3.8, 4) is 5.75 Å². The zero-order valence-electron chi connectivity index (χ0n) is 34.8. The number of hydrogen-bond donors (Lipinski definition) is 1. The molecule has 4 amide bonds. The molecule has 1 N–H and O–H groups in total. The lowest BCUT2D eigenvalue weighted by atomic mass is 9.97. The molecule has 0 saturated carbocycles. The highest BCUT2D eigenvalue weighted by Crippen LogP contribution is 2.32. The lowest BCUT2D eigenvalue weighted by Gasteiger charge is -2.55. The summed E-state index contributed by atoms with van der Waals surface area (Å²) in [7, 11) is 1.94. The largest absolute Gasteiger partial charge is 0.508 e. The van der Waals surface area contributed by atoms with Crippen molar-refractivity contribution in [1.29, 1.82) is 0 Å². The maximum absolute atomic E-state index is 14.8. The van der Waals surface area contributed by atoms with Crippen LogP contribution >= 0.6 is 0 Å². The van der Waals surface area contributed by atoms with E-state index in [1.807, 2.05) is 71.2 Å². The Balaban J connectivity index is 1.05. The molecule has 8 rings (SSSR count). The molecule has 13 heteroatoms. The predicted octanol–water partition coefficient (Wildman–Crippen LogP) is 4.11. The highest BCUT2D eigenvalue weighted by Gasteiger charge is 2.51. The third-order valence-electron chi connectivity index (χ3n) is 12.8. The van der Waals surface area contributed by atoms with Crippen LogP contribution < -0.4 is 0 Å². The molecule has 4 aliphatic rings. The van der Waals surface area contributed by atoms with Gasteiger partial charge >= 0.3 is 0 Å². The topological polar surface area (TPSA) is 116 Å². The first-order valence-electron chi connectivity index (χ1n) is 21.6. The van der Waals surface area contributed by atoms with Gasteiger partial charge < -0.3 is 29.3 Å². The minimum Gasteiger partial charge on any atom is -0.508 e. The van der Waals surface area contributed by atoms with Gasteiger partial charge in [0.25, 0.3) is 5.91 Å². The number of phenols is 1.